The summed E-state index contributed by atoms with van der Waals surface area (Å²) >= 11 is 0. The lowest BCUT2D eigenvalue weighted by atomic mass is 10.1. The number of hydrogen-bond donors (Lipinski definition) is 4. The van der Waals surface area contributed by atoms with Crippen LogP contribution >= 0.6 is 0 Å². The molecule has 0 heterocycles. The van der Waals surface area contributed by atoms with Crippen LogP contribution in [-0.2, 0) is 9.59 Å². The highest BCUT2D eigenvalue weighted by Crippen LogP contribution is 1.93. The maximum atomic E-state index is 10.2. The van der Waals surface area contributed by atoms with Crippen LogP contribution in [0, 0.1) is 5.92 Å². The number of ketones is 1. The largest absolute Gasteiger partial charge is 0.481 e. The van der Waals surface area contributed by atoms with Gasteiger partial charge in [0.25, 0.3) is 0 Å². The molecule has 6 heteroatoms. The van der Waals surface area contributed by atoms with Gasteiger partial charge in [0, 0.05) is 0 Å². The number of Topliss-reactive ketones (excluding diaryl/α,β-unsaturated/α-hetero) is 1. The van der Waals surface area contributed by atoms with E-state index in [4.69, 9.17) is 20.4 Å². The topological polar surface area (TPSA) is 115 Å². The van der Waals surface area contributed by atoms with Crippen LogP contribution < -0.4 is 0 Å². The van der Waals surface area contributed by atoms with Gasteiger partial charge in [0.05, 0.1) is 13.2 Å². The fourth-order valence-electron chi connectivity index (χ4n) is 0.232. The summed E-state index contributed by atoms with van der Waals surface area (Å²) in [5.41, 5.74) is 0. The molecule has 0 aromatic rings. The second-order valence-electron chi connectivity index (χ2n) is 2.69. The molecule has 0 amide bonds. The fraction of sp³-hybridized carbons (Fsp3) is 0.750. The SMILES string of the molecule is CC(=O)C(C)C(=O)O.OCC(O)CO. The summed E-state index contributed by atoms with van der Waals surface area (Å²) < 4.78 is 0. The van der Waals surface area contributed by atoms with Crippen molar-refractivity contribution in [1.29, 1.82) is 0 Å². The molecule has 0 saturated carbocycles. The molecule has 0 aliphatic carbocycles. The maximum Gasteiger partial charge on any atom is 0.313 e. The number of carbonyl (C=O) groups excluding carboxylic acids is 1. The lowest BCUT2D eigenvalue weighted by Gasteiger charge is -1.96. The molecule has 84 valence electrons. The smallest absolute Gasteiger partial charge is 0.313 e. The molecule has 0 fully saturated rings. The minimum Gasteiger partial charge on any atom is -0.481 e. The highest BCUT2D eigenvalue weighted by Gasteiger charge is 2.14. The second kappa shape index (κ2) is 8.61. The van der Waals surface area contributed by atoms with E-state index in [0.29, 0.717) is 0 Å². The lowest BCUT2D eigenvalue weighted by Crippen LogP contribution is -2.16. The van der Waals surface area contributed by atoms with E-state index in [9.17, 15) is 9.59 Å². The number of carboxylic acid groups (broad SMARTS) is 1. The van der Waals surface area contributed by atoms with E-state index in [1.807, 2.05) is 0 Å². The monoisotopic (exact) mass is 208 g/mol. The van der Waals surface area contributed by atoms with Gasteiger partial charge in [-0.1, -0.05) is 0 Å². The van der Waals surface area contributed by atoms with Crippen LogP contribution in [0.3, 0.4) is 0 Å². The molecule has 0 aliphatic rings. The van der Waals surface area contributed by atoms with Gasteiger partial charge in [0.15, 0.2) is 0 Å². The number of hydrogen-bond acceptors (Lipinski definition) is 5. The molecule has 0 bridgehead atoms. The minimum absolute atomic E-state index is 0.308. The van der Waals surface area contributed by atoms with Crippen molar-refractivity contribution in [3.63, 3.8) is 0 Å². The van der Waals surface area contributed by atoms with Gasteiger partial charge in [-0.3, -0.25) is 9.59 Å². The van der Waals surface area contributed by atoms with Gasteiger partial charge >= 0.3 is 5.97 Å². The van der Waals surface area contributed by atoms with Crippen LogP contribution in [0.4, 0.5) is 0 Å². The summed E-state index contributed by atoms with van der Waals surface area (Å²) in [6.07, 6.45) is -0.954. The van der Waals surface area contributed by atoms with Crippen molar-refractivity contribution in [2.24, 2.45) is 5.92 Å². The zero-order valence-corrected chi connectivity index (χ0v) is 8.17. The number of carboxylic acids is 1. The summed E-state index contributed by atoms with van der Waals surface area (Å²) in [5.74, 6) is -2.22. The van der Waals surface area contributed by atoms with Crippen LogP contribution in [0.5, 0.6) is 0 Å². The standard InChI is InChI=1S/C5H8O3.C3H8O3/c1-3(4(2)6)5(7)8;4-1-3(6)2-5/h3H,1-2H3,(H,7,8);3-6H,1-2H2. The van der Waals surface area contributed by atoms with Crippen LogP contribution in [0.25, 0.3) is 0 Å². The van der Waals surface area contributed by atoms with E-state index in [1.165, 1.54) is 13.8 Å². The van der Waals surface area contributed by atoms with Gasteiger partial charge < -0.3 is 20.4 Å². The summed E-state index contributed by atoms with van der Waals surface area (Å²) in [4.78, 5) is 20.1. The third-order valence-corrected chi connectivity index (χ3v) is 1.40. The highest BCUT2D eigenvalue weighted by molar-refractivity contribution is 5.96. The van der Waals surface area contributed by atoms with Gasteiger partial charge in [0.2, 0.25) is 0 Å². The molecule has 0 aromatic heterocycles. The van der Waals surface area contributed by atoms with Gasteiger partial charge in [-0.05, 0) is 13.8 Å². The molecule has 0 spiro atoms. The third-order valence-electron chi connectivity index (χ3n) is 1.40. The molecular weight excluding hydrogens is 192 g/mol. The molecule has 0 radical (unpaired) electrons. The molecule has 0 saturated heterocycles. The number of aliphatic hydroxyl groups is 3. The van der Waals surface area contributed by atoms with Crippen molar-refractivity contribution in [2.45, 2.75) is 20.0 Å². The Bertz CT molecular complexity index is 161. The lowest BCUT2D eigenvalue weighted by molar-refractivity contribution is -0.144. The van der Waals surface area contributed by atoms with Crippen molar-refractivity contribution < 1.29 is 30.0 Å². The maximum absolute atomic E-state index is 10.2. The number of rotatable bonds is 4. The molecule has 0 rings (SSSR count). The molecule has 1 unspecified atom stereocenters. The summed E-state index contributed by atoms with van der Waals surface area (Å²) in [6.45, 7) is 1.90. The first-order valence-electron chi connectivity index (χ1n) is 3.99. The van der Waals surface area contributed by atoms with E-state index in [2.05, 4.69) is 0 Å². The Labute approximate surface area is 81.8 Å². The van der Waals surface area contributed by atoms with Gasteiger partial charge in [-0.2, -0.15) is 0 Å². The predicted molar refractivity (Wildman–Crippen MR) is 47.7 cm³/mol. The Morgan fingerprint density at radius 2 is 1.57 bits per heavy atom. The average molecular weight is 208 g/mol. The van der Waals surface area contributed by atoms with Crippen LogP contribution in [0.1, 0.15) is 13.8 Å². The highest BCUT2D eigenvalue weighted by atomic mass is 16.4. The van der Waals surface area contributed by atoms with Gasteiger partial charge in [-0.15, -0.1) is 0 Å². The van der Waals surface area contributed by atoms with Crippen molar-refractivity contribution >= 4 is 11.8 Å². The first kappa shape index (κ1) is 15.5. The zero-order valence-electron chi connectivity index (χ0n) is 8.17. The molecule has 0 aliphatic heterocycles. The van der Waals surface area contributed by atoms with E-state index < -0.39 is 18.0 Å². The Kier molecular flexibility index (Phi) is 9.53. The van der Waals surface area contributed by atoms with E-state index in [1.54, 1.807) is 0 Å². The average Bonchev–Trinajstić information content (AvgIpc) is 2.15. The van der Waals surface area contributed by atoms with Crippen LogP contribution in [0.2, 0.25) is 0 Å². The van der Waals surface area contributed by atoms with Crippen molar-refractivity contribution in [3.05, 3.63) is 0 Å². The Hall–Kier alpha value is -0.980. The van der Waals surface area contributed by atoms with Crippen molar-refractivity contribution in [3.8, 4) is 0 Å². The van der Waals surface area contributed by atoms with Crippen molar-refractivity contribution in [1.82, 2.24) is 0 Å². The minimum atomic E-state index is -1.06. The molecular formula is C8H16O6. The number of carbonyl (C=O) groups is 2. The Balaban J connectivity index is 0. The molecule has 4 N–H and O–H groups in total. The van der Waals surface area contributed by atoms with E-state index in [0.717, 1.165) is 0 Å². The Morgan fingerprint density at radius 1 is 1.21 bits per heavy atom. The Morgan fingerprint density at radius 3 is 1.57 bits per heavy atom. The van der Waals surface area contributed by atoms with Crippen LogP contribution in [-0.4, -0.2) is 51.5 Å². The molecule has 6 nitrogen and oxygen atoms in total. The predicted octanol–water partition coefficient (Wildman–Crippen LogP) is -1.37. The normalized spacial score (nSPS) is 11.6. The summed E-state index contributed by atoms with van der Waals surface area (Å²) in [6, 6.07) is 0. The summed E-state index contributed by atoms with van der Waals surface area (Å²) in [7, 11) is 0. The fourth-order valence-corrected chi connectivity index (χ4v) is 0.232. The zero-order chi connectivity index (χ0) is 11.7. The summed E-state index contributed by atoms with van der Waals surface area (Å²) in [5, 5.41) is 32.1. The third kappa shape index (κ3) is 9.11. The first-order chi connectivity index (χ1) is 6.36. The van der Waals surface area contributed by atoms with Crippen molar-refractivity contribution in [2.75, 3.05) is 13.2 Å². The molecule has 14 heavy (non-hydrogen) atoms. The molecule has 0 aromatic carbocycles. The second-order valence-corrected chi connectivity index (χ2v) is 2.69. The quantitative estimate of drug-likeness (QED) is 0.424. The number of aliphatic carboxylic acids is 1. The molecule has 1 atom stereocenters. The van der Waals surface area contributed by atoms with Gasteiger partial charge in [-0.25, -0.2) is 0 Å². The van der Waals surface area contributed by atoms with E-state index >= 15 is 0 Å². The number of aliphatic hydroxyl groups excluding tert-OH is 3. The van der Waals surface area contributed by atoms with Crippen LogP contribution in [0.15, 0.2) is 0 Å². The van der Waals surface area contributed by atoms with E-state index in [-0.39, 0.29) is 19.0 Å². The first-order valence-corrected chi connectivity index (χ1v) is 3.99. The van der Waals surface area contributed by atoms with Gasteiger partial charge in [0.1, 0.15) is 17.8 Å².